The van der Waals surface area contributed by atoms with Gasteiger partial charge in [-0.05, 0) is 6.42 Å². The Bertz CT molecular complexity index is 345. The van der Waals surface area contributed by atoms with Crippen molar-refractivity contribution in [3.05, 3.63) is 0 Å². The zero-order chi connectivity index (χ0) is 12.4. The standard InChI is InChI=1S/C9H15NO4S2/c1-2-6-15-7-5-10-16(13,14)8-3-4-9(11)12/h1,10H,3-8H2,(H,11,12). The molecule has 0 bridgehead atoms. The number of aliphatic carboxylic acids is 1. The second kappa shape index (κ2) is 8.44. The van der Waals surface area contributed by atoms with E-state index in [1.54, 1.807) is 0 Å². The van der Waals surface area contributed by atoms with E-state index in [0.29, 0.717) is 18.1 Å². The first-order chi connectivity index (χ1) is 7.48. The number of carboxylic acid groups (broad SMARTS) is 1. The number of rotatable bonds is 9. The topological polar surface area (TPSA) is 83.5 Å². The molecule has 92 valence electrons. The first kappa shape index (κ1) is 15.3. The van der Waals surface area contributed by atoms with Gasteiger partial charge < -0.3 is 5.11 Å². The Balaban J connectivity index is 3.63. The van der Waals surface area contributed by atoms with Crippen molar-refractivity contribution >= 4 is 27.8 Å². The van der Waals surface area contributed by atoms with Crippen LogP contribution in [-0.2, 0) is 14.8 Å². The van der Waals surface area contributed by atoms with Crippen LogP contribution in [0.3, 0.4) is 0 Å². The van der Waals surface area contributed by atoms with Crippen LogP contribution in [0, 0.1) is 12.3 Å². The van der Waals surface area contributed by atoms with E-state index in [4.69, 9.17) is 11.5 Å². The molecule has 0 radical (unpaired) electrons. The fourth-order valence-electron chi connectivity index (χ4n) is 0.886. The Labute approximate surface area is 100 Å². The van der Waals surface area contributed by atoms with Gasteiger partial charge in [0.2, 0.25) is 10.0 Å². The lowest BCUT2D eigenvalue weighted by atomic mass is 10.3. The number of hydrogen-bond donors (Lipinski definition) is 2. The molecule has 0 heterocycles. The first-order valence-corrected chi connectivity index (χ1v) is 7.49. The largest absolute Gasteiger partial charge is 0.481 e. The van der Waals surface area contributed by atoms with Gasteiger partial charge in [0, 0.05) is 18.7 Å². The van der Waals surface area contributed by atoms with Crippen LogP contribution in [0.1, 0.15) is 12.8 Å². The lowest BCUT2D eigenvalue weighted by molar-refractivity contribution is -0.137. The second-order valence-electron chi connectivity index (χ2n) is 2.97. The molecule has 0 aliphatic rings. The van der Waals surface area contributed by atoms with E-state index in [2.05, 4.69) is 10.6 Å². The van der Waals surface area contributed by atoms with Crippen LogP contribution in [0.15, 0.2) is 0 Å². The van der Waals surface area contributed by atoms with Crippen LogP contribution in [0.5, 0.6) is 0 Å². The van der Waals surface area contributed by atoms with Crippen LogP contribution >= 0.6 is 11.8 Å². The molecule has 0 saturated carbocycles. The average Bonchev–Trinajstić information content (AvgIpc) is 2.16. The van der Waals surface area contributed by atoms with Gasteiger partial charge in [0.1, 0.15) is 0 Å². The van der Waals surface area contributed by atoms with Gasteiger partial charge in [0.15, 0.2) is 0 Å². The molecule has 2 N–H and O–H groups in total. The molecule has 0 spiro atoms. The molecular weight excluding hydrogens is 250 g/mol. The van der Waals surface area contributed by atoms with Crippen molar-refractivity contribution < 1.29 is 18.3 Å². The fourth-order valence-corrected chi connectivity index (χ4v) is 2.61. The van der Waals surface area contributed by atoms with Crippen LogP contribution in [0.4, 0.5) is 0 Å². The van der Waals surface area contributed by atoms with Crippen molar-refractivity contribution in [3.8, 4) is 12.3 Å². The highest BCUT2D eigenvalue weighted by Crippen LogP contribution is 1.98. The predicted octanol–water partition coefficient (Wildman–Crippen LogP) is 0.137. The lowest BCUT2D eigenvalue weighted by Crippen LogP contribution is -2.28. The van der Waals surface area contributed by atoms with Gasteiger partial charge >= 0.3 is 5.97 Å². The third-order valence-corrected chi connectivity index (χ3v) is 3.89. The molecule has 7 heteroatoms. The summed E-state index contributed by atoms with van der Waals surface area (Å²) in [7, 11) is -3.34. The van der Waals surface area contributed by atoms with E-state index in [0.717, 1.165) is 0 Å². The van der Waals surface area contributed by atoms with Crippen molar-refractivity contribution in [2.75, 3.05) is 23.8 Å². The van der Waals surface area contributed by atoms with E-state index in [1.165, 1.54) is 11.8 Å². The summed E-state index contributed by atoms with van der Waals surface area (Å²) >= 11 is 1.47. The summed E-state index contributed by atoms with van der Waals surface area (Å²) in [6.45, 7) is 0.321. The van der Waals surface area contributed by atoms with Crippen molar-refractivity contribution in [3.63, 3.8) is 0 Å². The van der Waals surface area contributed by atoms with Crippen LogP contribution < -0.4 is 4.72 Å². The number of carboxylic acids is 1. The molecule has 5 nitrogen and oxygen atoms in total. The van der Waals surface area contributed by atoms with Gasteiger partial charge in [0.25, 0.3) is 0 Å². The Morgan fingerprint density at radius 2 is 2.19 bits per heavy atom. The molecule has 0 aromatic heterocycles. The monoisotopic (exact) mass is 265 g/mol. The fraction of sp³-hybridized carbons (Fsp3) is 0.667. The molecule has 0 aliphatic heterocycles. The normalized spacial score (nSPS) is 10.9. The minimum absolute atomic E-state index is 0.127. The molecule has 0 rings (SSSR count). The summed E-state index contributed by atoms with van der Waals surface area (Å²) in [6.07, 6.45) is 5.02. The zero-order valence-electron chi connectivity index (χ0n) is 8.81. The molecule has 0 aliphatic carbocycles. The number of nitrogens with one attached hydrogen (secondary N) is 1. The molecule has 16 heavy (non-hydrogen) atoms. The molecule has 0 aromatic carbocycles. The molecule has 0 aromatic rings. The van der Waals surface area contributed by atoms with Crippen molar-refractivity contribution in [1.29, 1.82) is 0 Å². The Kier molecular flexibility index (Phi) is 8.07. The quantitative estimate of drug-likeness (QED) is 0.457. The van der Waals surface area contributed by atoms with E-state index >= 15 is 0 Å². The van der Waals surface area contributed by atoms with Crippen LogP contribution in [0.2, 0.25) is 0 Å². The van der Waals surface area contributed by atoms with Crippen molar-refractivity contribution in [2.45, 2.75) is 12.8 Å². The minimum Gasteiger partial charge on any atom is -0.481 e. The Morgan fingerprint density at radius 1 is 1.50 bits per heavy atom. The van der Waals surface area contributed by atoms with Gasteiger partial charge in [-0.15, -0.1) is 18.2 Å². The zero-order valence-corrected chi connectivity index (χ0v) is 10.4. The molecular formula is C9H15NO4S2. The number of terminal acetylenes is 1. The number of sulfonamides is 1. The summed E-state index contributed by atoms with van der Waals surface area (Å²) in [5.41, 5.74) is 0. The predicted molar refractivity (Wildman–Crippen MR) is 64.8 cm³/mol. The van der Waals surface area contributed by atoms with E-state index in [-0.39, 0.29) is 18.6 Å². The highest BCUT2D eigenvalue weighted by Gasteiger charge is 2.09. The first-order valence-electron chi connectivity index (χ1n) is 4.68. The lowest BCUT2D eigenvalue weighted by Gasteiger charge is -2.04. The number of hydrogen-bond acceptors (Lipinski definition) is 4. The maximum Gasteiger partial charge on any atom is 0.303 e. The van der Waals surface area contributed by atoms with Gasteiger partial charge in [0.05, 0.1) is 11.5 Å². The SMILES string of the molecule is C#CCSCCNS(=O)(=O)CCCC(=O)O. The number of carbonyl (C=O) groups is 1. The van der Waals surface area contributed by atoms with Gasteiger partial charge in [-0.3, -0.25) is 4.79 Å². The second-order valence-corrected chi connectivity index (χ2v) is 6.00. The summed E-state index contributed by atoms with van der Waals surface area (Å²) in [5.74, 6) is 2.46. The summed E-state index contributed by atoms with van der Waals surface area (Å²) < 4.78 is 25.0. The van der Waals surface area contributed by atoms with Crippen molar-refractivity contribution in [2.24, 2.45) is 0 Å². The molecule has 0 fully saturated rings. The van der Waals surface area contributed by atoms with Crippen molar-refractivity contribution in [1.82, 2.24) is 4.72 Å². The highest BCUT2D eigenvalue weighted by molar-refractivity contribution is 7.99. The van der Waals surface area contributed by atoms with E-state index in [1.807, 2.05) is 0 Å². The highest BCUT2D eigenvalue weighted by atomic mass is 32.2. The van der Waals surface area contributed by atoms with E-state index in [9.17, 15) is 13.2 Å². The average molecular weight is 265 g/mol. The smallest absolute Gasteiger partial charge is 0.303 e. The van der Waals surface area contributed by atoms with Crippen LogP contribution in [-0.4, -0.2) is 43.3 Å². The third-order valence-electron chi connectivity index (χ3n) is 1.56. The molecule has 0 amide bonds. The van der Waals surface area contributed by atoms with Gasteiger partial charge in [-0.2, -0.15) is 0 Å². The Hall–Kier alpha value is -0.710. The van der Waals surface area contributed by atoms with Gasteiger partial charge in [-0.25, -0.2) is 13.1 Å². The summed E-state index contributed by atoms with van der Waals surface area (Å²) in [4.78, 5) is 10.2. The minimum atomic E-state index is -3.34. The Morgan fingerprint density at radius 3 is 2.75 bits per heavy atom. The van der Waals surface area contributed by atoms with Gasteiger partial charge in [-0.1, -0.05) is 5.92 Å². The maximum absolute atomic E-state index is 11.3. The molecule has 0 unspecified atom stereocenters. The van der Waals surface area contributed by atoms with E-state index < -0.39 is 16.0 Å². The van der Waals surface area contributed by atoms with Crippen LogP contribution in [0.25, 0.3) is 0 Å². The summed E-state index contributed by atoms with van der Waals surface area (Å²) in [6, 6.07) is 0. The third kappa shape index (κ3) is 9.83. The molecule has 0 saturated heterocycles. The maximum atomic E-state index is 11.3. The number of thioether (sulfide) groups is 1. The summed E-state index contributed by atoms with van der Waals surface area (Å²) in [5, 5.41) is 8.35. The molecule has 0 atom stereocenters.